The van der Waals surface area contributed by atoms with Gasteiger partial charge < -0.3 is 9.13 Å². The van der Waals surface area contributed by atoms with Gasteiger partial charge in [-0.3, -0.25) is 0 Å². The maximum Gasteiger partial charge on any atom is 0.113 e. The Balaban J connectivity index is 1.28. The molecule has 0 fully saturated rings. The summed E-state index contributed by atoms with van der Waals surface area (Å²) in [5.74, 6) is 0. The van der Waals surface area contributed by atoms with Crippen LogP contribution in [0.4, 0.5) is 0 Å². The second-order valence-electron chi connectivity index (χ2n) is 13.1. The third kappa shape index (κ3) is 4.25. The molecule has 4 nitrogen and oxygen atoms in total. The Labute approximate surface area is 296 Å². The zero-order valence-corrected chi connectivity index (χ0v) is 29.9. The van der Waals surface area contributed by atoms with E-state index in [0.717, 1.165) is 60.9 Å². The summed E-state index contributed by atoms with van der Waals surface area (Å²) in [4.78, 5) is 0. The van der Waals surface area contributed by atoms with E-state index in [9.17, 15) is 0 Å². The van der Waals surface area contributed by atoms with Crippen LogP contribution in [-0.4, -0.2) is 17.9 Å². The van der Waals surface area contributed by atoms with Crippen molar-refractivity contribution >= 4 is 109 Å². The van der Waals surface area contributed by atoms with Crippen molar-refractivity contribution in [3.8, 4) is 22.3 Å². The molecule has 0 N–H and O–H groups in total. The number of para-hydroxylation sites is 2. The summed E-state index contributed by atoms with van der Waals surface area (Å²) >= 11 is 4.98. The largest absolute Gasteiger partial charge is 0.340 e. The fraction of sp³-hybridized carbons (Fsp3) is 0.190. The number of hydrogen-bond donors (Lipinski definition) is 0. The first-order chi connectivity index (χ1) is 24.3. The van der Waals surface area contributed by atoms with Gasteiger partial charge in [-0.25, -0.2) is 0 Å². The minimum atomic E-state index is 0.985. The Morgan fingerprint density at radius 2 is 1.00 bits per heavy atom. The van der Waals surface area contributed by atoms with Crippen molar-refractivity contribution in [3.63, 3.8) is 0 Å². The van der Waals surface area contributed by atoms with E-state index < -0.39 is 0 Å². The lowest BCUT2D eigenvalue weighted by molar-refractivity contribution is 0.666. The molecule has 7 heteroatoms. The summed E-state index contributed by atoms with van der Waals surface area (Å²) in [6, 6.07) is 32.0. The van der Waals surface area contributed by atoms with E-state index in [1.807, 2.05) is 22.7 Å². The van der Waals surface area contributed by atoms with Crippen LogP contribution in [0.2, 0.25) is 0 Å². The Bertz CT molecular complexity index is 2680. The maximum atomic E-state index is 5.06. The molecule has 0 atom stereocenters. The topological polar surface area (TPSA) is 35.6 Å². The van der Waals surface area contributed by atoms with Crippen LogP contribution >= 0.6 is 34.4 Å². The highest BCUT2D eigenvalue weighted by atomic mass is 32.1. The molecule has 0 aliphatic heterocycles. The quantitative estimate of drug-likeness (QED) is 0.159. The van der Waals surface area contributed by atoms with Crippen molar-refractivity contribution in [2.75, 3.05) is 0 Å². The number of unbranched alkanes of at least 4 members (excludes halogenated alkanes) is 2. The van der Waals surface area contributed by atoms with Gasteiger partial charge in [0.1, 0.15) is 11.0 Å². The lowest BCUT2D eigenvalue weighted by Crippen LogP contribution is -1.97. The molecule has 0 saturated carbocycles. The summed E-state index contributed by atoms with van der Waals surface area (Å²) in [6.07, 6.45) is 4.62. The first-order valence-electron chi connectivity index (χ1n) is 17.3. The zero-order chi connectivity index (χ0) is 32.6. The minimum Gasteiger partial charge on any atom is -0.340 e. The third-order valence-electron chi connectivity index (χ3n) is 10.4. The number of hydrogen-bond acceptors (Lipinski definition) is 5. The Morgan fingerprint density at radius 1 is 0.531 bits per heavy atom. The van der Waals surface area contributed by atoms with Gasteiger partial charge in [-0.2, -0.15) is 8.75 Å². The van der Waals surface area contributed by atoms with Gasteiger partial charge in [-0.15, -0.1) is 22.7 Å². The number of nitrogens with zero attached hydrogens (tertiary/aromatic N) is 4. The number of fused-ring (bicyclic) bond motifs is 11. The summed E-state index contributed by atoms with van der Waals surface area (Å²) in [5.41, 5.74) is 12.1. The molecular formula is C42H34N4S3. The van der Waals surface area contributed by atoms with Gasteiger partial charge in [0.2, 0.25) is 0 Å². The summed E-state index contributed by atoms with van der Waals surface area (Å²) < 4.78 is 17.9. The van der Waals surface area contributed by atoms with Crippen molar-refractivity contribution in [1.82, 2.24) is 17.9 Å². The average molecular weight is 691 g/mol. The Morgan fingerprint density at radius 3 is 1.47 bits per heavy atom. The Kier molecular flexibility index (Phi) is 6.90. The van der Waals surface area contributed by atoms with Gasteiger partial charge in [0.25, 0.3) is 0 Å². The van der Waals surface area contributed by atoms with E-state index in [2.05, 4.69) is 119 Å². The van der Waals surface area contributed by atoms with Gasteiger partial charge in [0.05, 0.1) is 22.8 Å². The molecule has 0 aliphatic carbocycles. The van der Waals surface area contributed by atoms with Crippen molar-refractivity contribution < 1.29 is 0 Å². The van der Waals surface area contributed by atoms with Crippen LogP contribution in [0.25, 0.3) is 97.1 Å². The molecule has 5 heterocycles. The molecule has 5 aromatic carbocycles. The smallest absolute Gasteiger partial charge is 0.113 e. The number of thiophene rings is 2. The van der Waals surface area contributed by atoms with Gasteiger partial charge in [0.15, 0.2) is 0 Å². The number of aryl methyl sites for hydroxylation is 2. The molecular weight excluding hydrogens is 657 g/mol. The molecule has 0 unspecified atom stereocenters. The predicted molar refractivity (Wildman–Crippen MR) is 215 cm³/mol. The van der Waals surface area contributed by atoms with Crippen LogP contribution in [-0.2, 0) is 13.1 Å². The highest BCUT2D eigenvalue weighted by Gasteiger charge is 2.24. The molecule has 0 aliphatic rings. The highest BCUT2D eigenvalue weighted by Crippen LogP contribution is 2.48. The number of aromatic nitrogens is 4. The van der Waals surface area contributed by atoms with Crippen LogP contribution in [0.1, 0.15) is 39.5 Å². The number of rotatable bonds is 8. The standard InChI is InChI=1S/C42H34N4S3/c1-3-5-19-45-33-13-9-7-11-27(33)37-31(23-35-29(41(37)45)17-21-47-35)25-15-16-26(40-39(25)43-49-44-40)32-24-36-30(18-22-48-36)42-38(32)28-12-8-10-14-34(28)46(42)20-6-4-2/h7-18,21-24H,3-6,19-20H2,1-2H3. The first-order valence-corrected chi connectivity index (χ1v) is 19.8. The second-order valence-corrected chi connectivity index (χ2v) is 15.6. The normalized spacial score (nSPS) is 12.4. The van der Waals surface area contributed by atoms with Crippen LogP contribution in [0.3, 0.4) is 0 Å². The second kappa shape index (κ2) is 11.5. The van der Waals surface area contributed by atoms with Crippen molar-refractivity contribution in [3.05, 3.63) is 95.7 Å². The van der Waals surface area contributed by atoms with Crippen LogP contribution in [0.5, 0.6) is 0 Å². The molecule has 0 bridgehead atoms. The third-order valence-corrected chi connectivity index (χ3v) is 12.7. The molecule has 0 saturated heterocycles. The predicted octanol–water partition coefficient (Wildman–Crippen LogP) is 13.3. The molecule has 0 radical (unpaired) electrons. The summed E-state index contributed by atoms with van der Waals surface area (Å²) in [5, 5.41) is 12.4. The lowest BCUT2D eigenvalue weighted by atomic mass is 9.92. The van der Waals surface area contributed by atoms with Gasteiger partial charge in [-0.1, -0.05) is 75.2 Å². The molecule has 10 rings (SSSR count). The summed E-state index contributed by atoms with van der Waals surface area (Å²) in [6.45, 7) is 6.57. The van der Waals surface area contributed by atoms with Crippen molar-refractivity contribution in [2.24, 2.45) is 0 Å². The monoisotopic (exact) mass is 690 g/mol. The molecule has 5 aromatic heterocycles. The fourth-order valence-electron chi connectivity index (χ4n) is 8.20. The van der Waals surface area contributed by atoms with E-state index in [-0.39, 0.29) is 0 Å². The van der Waals surface area contributed by atoms with Crippen LogP contribution in [0, 0.1) is 0 Å². The van der Waals surface area contributed by atoms with Gasteiger partial charge >= 0.3 is 0 Å². The maximum absolute atomic E-state index is 5.06. The van der Waals surface area contributed by atoms with E-state index in [1.165, 1.54) is 86.6 Å². The van der Waals surface area contributed by atoms with E-state index in [1.54, 1.807) is 0 Å². The zero-order valence-electron chi connectivity index (χ0n) is 27.5. The first kappa shape index (κ1) is 29.4. The van der Waals surface area contributed by atoms with E-state index >= 15 is 0 Å². The van der Waals surface area contributed by atoms with Crippen molar-refractivity contribution in [1.29, 1.82) is 0 Å². The molecule has 10 aromatic rings. The molecule has 49 heavy (non-hydrogen) atoms. The fourth-order valence-corrected chi connectivity index (χ4v) is 10.4. The van der Waals surface area contributed by atoms with Gasteiger partial charge in [-0.05, 0) is 71.1 Å². The Hall–Kier alpha value is -4.56. The van der Waals surface area contributed by atoms with E-state index in [0.29, 0.717) is 0 Å². The number of benzene rings is 5. The van der Waals surface area contributed by atoms with Gasteiger partial charge in [0, 0.05) is 77.0 Å². The summed E-state index contributed by atoms with van der Waals surface area (Å²) in [7, 11) is 0. The molecule has 0 spiro atoms. The molecule has 0 amide bonds. The SMILES string of the molecule is CCCCn1c2ccccc2c2c(-c3ccc(-c4cc5sccc5c5c4c4ccccc4n5CCCC)c4nsnc34)cc3sccc3c21. The highest BCUT2D eigenvalue weighted by molar-refractivity contribution is 7.17. The lowest BCUT2D eigenvalue weighted by Gasteiger charge is -2.13. The average Bonchev–Trinajstić information content (AvgIpc) is 3.97. The minimum absolute atomic E-state index is 0.985. The van der Waals surface area contributed by atoms with E-state index in [4.69, 9.17) is 8.75 Å². The van der Waals surface area contributed by atoms with Crippen LogP contribution < -0.4 is 0 Å². The van der Waals surface area contributed by atoms with Crippen LogP contribution in [0.15, 0.2) is 95.7 Å². The van der Waals surface area contributed by atoms with Crippen molar-refractivity contribution in [2.45, 2.75) is 52.6 Å². The molecule has 240 valence electrons.